The summed E-state index contributed by atoms with van der Waals surface area (Å²) in [6.07, 6.45) is 3.32. The molecule has 0 saturated heterocycles. The molecule has 174 valence electrons. The summed E-state index contributed by atoms with van der Waals surface area (Å²) in [4.78, 5) is 11.9. The van der Waals surface area contributed by atoms with Crippen LogP contribution < -0.4 is 4.72 Å². The summed E-state index contributed by atoms with van der Waals surface area (Å²) in [7, 11) is -2.61. The van der Waals surface area contributed by atoms with Gasteiger partial charge >= 0.3 is 0 Å². The molecule has 0 spiro atoms. The Morgan fingerprint density at radius 1 is 1.24 bits per heavy atom. The molecule has 1 aliphatic heterocycles. The fraction of sp³-hybridized carbons (Fsp3) is 0.190. The molecular formula is C21H18FN7O4S. The first-order chi connectivity index (χ1) is 16.3. The van der Waals surface area contributed by atoms with Crippen molar-refractivity contribution in [3.8, 4) is 11.4 Å². The van der Waals surface area contributed by atoms with Gasteiger partial charge in [-0.15, -0.1) is 10.2 Å². The lowest BCUT2D eigenvalue weighted by Gasteiger charge is -2.16. The van der Waals surface area contributed by atoms with E-state index in [1.54, 1.807) is 18.2 Å². The average molecular weight is 483 g/mol. The van der Waals surface area contributed by atoms with Crippen LogP contribution in [0.5, 0.6) is 5.75 Å². The number of sulfonamides is 1. The number of ether oxygens (including phenoxy) is 1. The highest BCUT2D eigenvalue weighted by molar-refractivity contribution is 7.93. The minimum Gasteiger partial charge on any atom is -0.506 e. The summed E-state index contributed by atoms with van der Waals surface area (Å²) in [5.41, 5.74) is 5.89. The maximum atomic E-state index is 13.1. The van der Waals surface area contributed by atoms with E-state index in [1.807, 2.05) is 0 Å². The van der Waals surface area contributed by atoms with Gasteiger partial charge in [-0.1, -0.05) is 17.9 Å². The van der Waals surface area contributed by atoms with E-state index in [9.17, 15) is 17.9 Å². The Bertz CT molecular complexity index is 1470. The molecular weight excluding hydrogens is 465 g/mol. The molecule has 2 N–H and O–H groups in total. The highest BCUT2D eigenvalue weighted by Gasteiger charge is 2.28. The van der Waals surface area contributed by atoms with E-state index in [1.165, 1.54) is 30.7 Å². The fourth-order valence-electron chi connectivity index (χ4n) is 2.97. The number of benzene rings is 1. The molecule has 0 radical (unpaired) electrons. The van der Waals surface area contributed by atoms with Crippen LogP contribution in [0.3, 0.4) is 0 Å². The molecule has 0 amide bonds. The minimum absolute atomic E-state index is 0.0760. The number of para-hydroxylation sites is 2. The van der Waals surface area contributed by atoms with Crippen LogP contribution in [0.2, 0.25) is 0 Å². The highest BCUT2D eigenvalue weighted by atomic mass is 32.2. The average Bonchev–Trinajstić information content (AvgIpc) is 3.23. The molecule has 3 aromatic rings. The summed E-state index contributed by atoms with van der Waals surface area (Å²) in [5.74, 6) is -0.488. The lowest BCUT2D eigenvalue weighted by molar-refractivity contribution is 0.407. The maximum absolute atomic E-state index is 13.1. The Hall–Kier alpha value is -4.31. The Kier molecular flexibility index (Phi) is 6.24. The van der Waals surface area contributed by atoms with Crippen LogP contribution in [0.4, 0.5) is 10.3 Å². The van der Waals surface area contributed by atoms with Gasteiger partial charge in [0.15, 0.2) is 17.3 Å². The van der Waals surface area contributed by atoms with E-state index in [0.717, 1.165) is 12.4 Å². The largest absolute Gasteiger partial charge is 0.506 e. The normalized spacial score (nSPS) is 13.9. The molecule has 3 heterocycles. The number of aliphatic imine (C=N–C) groups is 1. The highest BCUT2D eigenvalue weighted by Crippen LogP contribution is 2.29. The van der Waals surface area contributed by atoms with Crippen LogP contribution in [0, 0.1) is 5.82 Å². The van der Waals surface area contributed by atoms with Crippen LogP contribution >= 0.6 is 0 Å². The van der Waals surface area contributed by atoms with Crippen LogP contribution in [0.1, 0.15) is 18.6 Å². The number of aromatic nitrogens is 5. The topological polar surface area (TPSA) is 144 Å². The van der Waals surface area contributed by atoms with E-state index < -0.39 is 21.1 Å². The number of anilines is 1. The molecule has 0 fully saturated rings. The smallest absolute Gasteiger partial charge is 0.243 e. The van der Waals surface area contributed by atoms with Crippen molar-refractivity contribution in [2.24, 2.45) is 4.99 Å². The number of nitrogens with zero attached hydrogens (tertiary/aromatic N) is 6. The van der Waals surface area contributed by atoms with Crippen LogP contribution in [-0.2, 0) is 21.2 Å². The lowest BCUT2D eigenvalue weighted by Crippen LogP contribution is -2.29. The summed E-state index contributed by atoms with van der Waals surface area (Å²) in [6.45, 7) is 1.45. The quantitative estimate of drug-likeness (QED) is 0.486. The number of hydrogen-bond acceptors (Lipinski definition) is 9. The zero-order chi connectivity index (χ0) is 24.3. The number of phenols is 1. The van der Waals surface area contributed by atoms with Crippen LogP contribution in [0.25, 0.3) is 11.4 Å². The monoisotopic (exact) mass is 483 g/mol. The predicted molar refractivity (Wildman–Crippen MR) is 120 cm³/mol. The lowest BCUT2D eigenvalue weighted by atomic mass is 10.2. The third-order valence-electron chi connectivity index (χ3n) is 4.72. The van der Waals surface area contributed by atoms with E-state index >= 15 is 0 Å². The first-order valence-corrected chi connectivity index (χ1v) is 11.4. The van der Waals surface area contributed by atoms with Crippen molar-refractivity contribution >= 4 is 27.6 Å². The molecule has 0 aliphatic carbocycles. The Morgan fingerprint density at radius 3 is 2.68 bits per heavy atom. The number of methoxy groups -OCH3 is 1. The third-order valence-corrected chi connectivity index (χ3v) is 6.42. The van der Waals surface area contributed by atoms with Crippen molar-refractivity contribution in [1.82, 2.24) is 24.7 Å². The van der Waals surface area contributed by atoms with Crippen LogP contribution in [0.15, 0.2) is 59.2 Å². The van der Waals surface area contributed by atoms with E-state index in [-0.39, 0.29) is 47.0 Å². The zero-order valence-corrected chi connectivity index (χ0v) is 18.8. The first-order valence-electron chi connectivity index (χ1n) is 9.85. The second-order valence-corrected chi connectivity index (χ2v) is 9.17. The van der Waals surface area contributed by atoms with Crippen molar-refractivity contribution in [3.05, 3.63) is 71.7 Å². The van der Waals surface area contributed by atoms with Gasteiger partial charge in [-0.2, -0.15) is 0 Å². The molecule has 1 atom stereocenters. The molecule has 1 aromatic carbocycles. The standard InChI is InChI=1S/C21H18FN7O4S/c1-13(10-18-23-11-14(22)12-24-18)34(31,32)28-21-27-26-20(15-6-5-9-19(25-15)33-2)29(21)16-7-3-4-8-17(16)30/h3-4,7-9,11-13,30H,10H2,1-2H3,(H,27,28)/t13-/m1/s1. The first kappa shape index (κ1) is 22.9. The molecule has 34 heavy (non-hydrogen) atoms. The Balaban J connectivity index is 1.73. The van der Waals surface area contributed by atoms with Gasteiger partial charge in [0.25, 0.3) is 0 Å². The summed E-state index contributed by atoms with van der Waals surface area (Å²) in [5, 5.41) is 17.5. The van der Waals surface area contributed by atoms with Crippen LogP contribution in [-0.4, -0.2) is 56.5 Å². The molecule has 1 aliphatic rings. The minimum atomic E-state index is -4.04. The number of phenolic OH excluding ortho intramolecular Hbond substituents is 1. The number of halogens is 1. The van der Waals surface area contributed by atoms with Gasteiger partial charge in [0.2, 0.25) is 21.9 Å². The van der Waals surface area contributed by atoms with Crippen molar-refractivity contribution in [2.45, 2.75) is 18.6 Å². The second kappa shape index (κ2) is 9.28. The van der Waals surface area contributed by atoms with Gasteiger partial charge in [0.1, 0.15) is 11.6 Å². The van der Waals surface area contributed by atoms with E-state index in [2.05, 4.69) is 41.3 Å². The molecule has 13 heteroatoms. The van der Waals surface area contributed by atoms with Crippen molar-refractivity contribution in [1.29, 1.82) is 0 Å². The van der Waals surface area contributed by atoms with Gasteiger partial charge in [-0.3, -0.25) is 9.29 Å². The van der Waals surface area contributed by atoms with Gasteiger partial charge in [0, 0.05) is 6.42 Å². The molecule has 11 nitrogen and oxygen atoms in total. The SMILES string of the molecule is COC1=NC(c2nnc(NS(=O)(=O)[C@H](C)Cc3ncc(F)cn3)n2-c2ccccc2O)=C=C=C1. The zero-order valence-electron chi connectivity index (χ0n) is 18.0. The van der Waals surface area contributed by atoms with Gasteiger partial charge < -0.3 is 9.84 Å². The van der Waals surface area contributed by atoms with Gasteiger partial charge in [-0.25, -0.2) is 27.8 Å². The van der Waals surface area contributed by atoms with Crippen molar-refractivity contribution in [3.63, 3.8) is 0 Å². The Morgan fingerprint density at radius 2 is 1.97 bits per heavy atom. The van der Waals surface area contributed by atoms with Crippen molar-refractivity contribution in [2.75, 3.05) is 11.8 Å². The summed E-state index contributed by atoms with van der Waals surface area (Å²) >= 11 is 0. The second-order valence-electron chi connectivity index (χ2n) is 7.07. The molecule has 2 aromatic heterocycles. The van der Waals surface area contributed by atoms with Crippen molar-refractivity contribution < 1.29 is 22.7 Å². The number of nitrogens with one attached hydrogen (secondary N) is 1. The summed E-state index contributed by atoms with van der Waals surface area (Å²) < 4.78 is 48.0. The number of rotatable bonds is 7. The number of aromatic hydroxyl groups is 1. The number of hydrogen-bond donors (Lipinski definition) is 2. The predicted octanol–water partition coefficient (Wildman–Crippen LogP) is 1.98. The summed E-state index contributed by atoms with van der Waals surface area (Å²) in [6, 6.07) is 6.25. The molecule has 4 rings (SSSR count). The van der Waals surface area contributed by atoms with Gasteiger partial charge in [0.05, 0.1) is 36.5 Å². The Labute approximate surface area is 193 Å². The molecule has 0 bridgehead atoms. The van der Waals surface area contributed by atoms with Gasteiger partial charge in [-0.05, 0) is 24.8 Å². The molecule has 0 saturated carbocycles. The van der Waals surface area contributed by atoms with E-state index in [0.29, 0.717) is 0 Å². The maximum Gasteiger partial charge on any atom is 0.243 e. The molecule has 0 unspecified atom stereocenters. The van der Waals surface area contributed by atoms with E-state index in [4.69, 9.17) is 4.74 Å². The fourth-order valence-corrected chi connectivity index (χ4v) is 3.93. The third kappa shape index (κ3) is 4.71.